The van der Waals surface area contributed by atoms with Crippen LogP contribution in [-0.4, -0.2) is 43.2 Å². The lowest BCUT2D eigenvalue weighted by Crippen LogP contribution is -2.15. The second-order valence-corrected chi connectivity index (χ2v) is 37.8. The second kappa shape index (κ2) is 30.3. The number of rotatable bonds is 11. The van der Waals surface area contributed by atoms with Gasteiger partial charge in [-0.2, -0.15) is 9.97 Å². The van der Waals surface area contributed by atoms with E-state index in [0.29, 0.717) is 23.4 Å². The van der Waals surface area contributed by atoms with Gasteiger partial charge in [-0.3, -0.25) is 4.57 Å². The molecule has 27 aromatic rings. The van der Waals surface area contributed by atoms with Gasteiger partial charge in [0.15, 0.2) is 17.5 Å². The molecule has 0 N–H and O–H groups in total. The Balaban J connectivity index is 0.000000137. The number of aromatic nitrogens is 9. The van der Waals surface area contributed by atoms with Crippen molar-refractivity contribution in [1.29, 1.82) is 0 Å². The zero-order valence-corrected chi connectivity index (χ0v) is 75.8. The molecular formula is C127H83N9O2. The molecular weight excluding hydrogens is 1680 g/mol. The summed E-state index contributed by atoms with van der Waals surface area (Å²) in [5.74, 6) is 2.56. The second-order valence-electron chi connectivity index (χ2n) is 37.8. The molecule has 0 spiro atoms. The molecule has 0 bridgehead atoms. The Morgan fingerprint density at radius 1 is 0.181 bits per heavy atom. The Kier molecular flexibility index (Phi) is 17.3. The fraction of sp³-hybridized carbons (Fsp3) is 0.0472. The van der Waals surface area contributed by atoms with E-state index in [0.717, 1.165) is 139 Å². The molecule has 0 saturated carbocycles. The predicted octanol–water partition coefficient (Wildman–Crippen LogP) is 32.8. The van der Waals surface area contributed by atoms with Crippen molar-refractivity contribution in [3.63, 3.8) is 0 Å². The van der Waals surface area contributed by atoms with Gasteiger partial charge in [0.1, 0.15) is 22.3 Å². The lowest BCUT2D eigenvalue weighted by molar-refractivity contribution is 0.661. The van der Waals surface area contributed by atoms with Crippen LogP contribution in [0.4, 0.5) is 0 Å². The highest BCUT2D eigenvalue weighted by atomic mass is 16.3. The van der Waals surface area contributed by atoms with Crippen LogP contribution < -0.4 is 0 Å². The Hall–Kier alpha value is -17.9. The van der Waals surface area contributed by atoms with E-state index in [-0.39, 0.29) is 10.8 Å². The summed E-state index contributed by atoms with van der Waals surface area (Å²) in [6.45, 7) is 9.46. The van der Waals surface area contributed by atoms with Crippen LogP contribution >= 0.6 is 0 Å². The molecule has 29 rings (SSSR count). The molecule has 19 aromatic carbocycles. The van der Waals surface area contributed by atoms with Crippen molar-refractivity contribution in [1.82, 2.24) is 43.2 Å². The van der Waals surface area contributed by atoms with Crippen LogP contribution in [0.1, 0.15) is 49.9 Å². The van der Waals surface area contributed by atoms with Crippen LogP contribution in [0.3, 0.4) is 0 Å². The number of benzene rings is 19. The highest BCUT2D eigenvalue weighted by Crippen LogP contribution is 2.56. The normalized spacial score (nSPS) is 13.0. The van der Waals surface area contributed by atoms with E-state index in [2.05, 4.69) is 416 Å². The van der Waals surface area contributed by atoms with Crippen molar-refractivity contribution < 1.29 is 8.83 Å². The molecule has 0 unspecified atom stereocenters. The van der Waals surface area contributed by atoms with E-state index < -0.39 is 0 Å². The molecule has 0 saturated heterocycles. The maximum absolute atomic E-state index is 6.43. The van der Waals surface area contributed by atoms with Gasteiger partial charge < -0.3 is 22.5 Å². The molecule has 0 aliphatic heterocycles. The van der Waals surface area contributed by atoms with Crippen LogP contribution in [0.5, 0.6) is 0 Å². The fourth-order valence-corrected chi connectivity index (χ4v) is 22.6. The third kappa shape index (κ3) is 12.2. The summed E-state index contributed by atoms with van der Waals surface area (Å²) in [7, 11) is 0. The van der Waals surface area contributed by atoms with Crippen molar-refractivity contribution in [2.45, 2.75) is 38.5 Å². The number of hydrogen-bond acceptors (Lipinski definition) is 7. The van der Waals surface area contributed by atoms with Gasteiger partial charge in [-0.1, -0.05) is 295 Å². The lowest BCUT2D eigenvalue weighted by atomic mass is 9.82. The van der Waals surface area contributed by atoms with Crippen molar-refractivity contribution in [2.75, 3.05) is 0 Å². The van der Waals surface area contributed by atoms with Crippen LogP contribution in [0.2, 0.25) is 0 Å². The summed E-state index contributed by atoms with van der Waals surface area (Å²) in [4.78, 5) is 25.7. The largest absolute Gasteiger partial charge is 0.456 e. The predicted molar refractivity (Wildman–Crippen MR) is 567 cm³/mol. The first-order valence-corrected chi connectivity index (χ1v) is 47.2. The van der Waals surface area contributed by atoms with E-state index in [1.54, 1.807) is 0 Å². The molecule has 0 atom stereocenters. The number of furan rings is 2. The van der Waals surface area contributed by atoms with E-state index in [1.165, 1.54) is 116 Å². The highest BCUT2D eigenvalue weighted by molar-refractivity contribution is 6.21. The summed E-state index contributed by atoms with van der Waals surface area (Å²) < 4.78 is 22.3. The van der Waals surface area contributed by atoms with Gasteiger partial charge in [-0.05, 0) is 218 Å². The first-order chi connectivity index (χ1) is 67.9. The number of hydrogen-bond donors (Lipinski definition) is 0. The minimum Gasteiger partial charge on any atom is -0.456 e. The van der Waals surface area contributed by atoms with Gasteiger partial charge in [0.05, 0.1) is 55.5 Å². The van der Waals surface area contributed by atoms with Crippen LogP contribution in [0.25, 0.3) is 255 Å². The molecule has 2 aliphatic rings. The minimum atomic E-state index is -0.256. The molecule has 11 nitrogen and oxygen atoms in total. The molecule has 2 aliphatic carbocycles. The van der Waals surface area contributed by atoms with Gasteiger partial charge in [0.2, 0.25) is 5.95 Å². The monoisotopic (exact) mass is 1770 g/mol. The van der Waals surface area contributed by atoms with Crippen molar-refractivity contribution in [3.05, 3.63) is 453 Å². The molecule has 8 aromatic heterocycles. The van der Waals surface area contributed by atoms with Crippen LogP contribution in [-0.2, 0) is 10.8 Å². The summed E-state index contributed by atoms with van der Waals surface area (Å²) in [6.07, 6.45) is 0. The minimum absolute atomic E-state index is 0.216. The zero-order chi connectivity index (χ0) is 91.3. The lowest BCUT2D eigenvalue weighted by Gasteiger charge is -2.22. The quantitative estimate of drug-likeness (QED) is 0.127. The topological polar surface area (TPSA) is 110 Å². The number of fused-ring (bicyclic) bond motifs is 24. The van der Waals surface area contributed by atoms with Crippen molar-refractivity contribution in [3.8, 4) is 124 Å². The highest BCUT2D eigenvalue weighted by Gasteiger charge is 2.40. The fourth-order valence-electron chi connectivity index (χ4n) is 22.6. The van der Waals surface area contributed by atoms with Crippen molar-refractivity contribution in [2.24, 2.45) is 0 Å². The average Bonchev–Trinajstić information content (AvgIpc) is 1.53. The Labute approximate surface area is 793 Å². The van der Waals surface area contributed by atoms with E-state index in [1.807, 2.05) is 60.7 Å². The Morgan fingerprint density at radius 3 is 0.942 bits per heavy atom. The van der Waals surface area contributed by atoms with Gasteiger partial charge in [0, 0.05) is 132 Å². The van der Waals surface area contributed by atoms with Gasteiger partial charge in [-0.15, -0.1) is 0 Å². The first-order valence-electron chi connectivity index (χ1n) is 47.2. The summed E-state index contributed by atoms with van der Waals surface area (Å²) in [5.41, 5.74) is 37.4. The smallest absolute Gasteiger partial charge is 0.238 e. The Bertz CT molecular complexity index is 9630. The molecule has 0 amide bonds. The summed E-state index contributed by atoms with van der Waals surface area (Å²) in [5, 5.41) is 14.1. The van der Waals surface area contributed by atoms with Crippen molar-refractivity contribution >= 4 is 131 Å². The molecule has 11 heteroatoms. The van der Waals surface area contributed by atoms with E-state index in [9.17, 15) is 0 Å². The van der Waals surface area contributed by atoms with Gasteiger partial charge in [-0.25, -0.2) is 15.0 Å². The maximum atomic E-state index is 6.43. The molecule has 648 valence electrons. The van der Waals surface area contributed by atoms with E-state index >= 15 is 0 Å². The molecule has 8 heterocycles. The third-order valence-corrected chi connectivity index (χ3v) is 29.3. The maximum Gasteiger partial charge on any atom is 0.238 e. The summed E-state index contributed by atoms with van der Waals surface area (Å²) in [6, 6.07) is 154. The van der Waals surface area contributed by atoms with Gasteiger partial charge in [0.25, 0.3) is 0 Å². The standard InChI is InChI=1S/C67H44N4O.C60H39N5O/c1-67(2)56-32-28-44(45-29-33-61-52(35-45)54-37-55-49-23-13-15-25-64(49)72-65(55)40-63(54)70(61)46-20-10-5-11-21-46)34-50(56)51-36-53-48-22-12-14-24-60(48)71(62(53)38-57(51)67)47-30-26-43(27-31-47)66-68-58(41-16-6-3-7-17-41)39-59(69-66)42-18-8-4-9-19-42;1-60(2)49-28-26-38(39-27-29-52-45(31-39)47-33-48-42-23-13-15-25-55(42)66-56(48)35-54(47)64(52)40-20-10-5-11-21-40)30-43(49)44-32-46-41-22-12-14-24-51(41)65(53(46)34-50(44)60)59-62-57(36-16-6-3-7-17-36)61-58(63-59)37-18-8-4-9-19-37/h3-40H,1-2H3;3-35H,1-2H3. The average molecular weight is 1770 g/mol. The van der Waals surface area contributed by atoms with Crippen LogP contribution in [0, 0.1) is 0 Å². The van der Waals surface area contributed by atoms with Crippen LogP contribution in [0.15, 0.2) is 440 Å². The molecule has 138 heavy (non-hydrogen) atoms. The summed E-state index contributed by atoms with van der Waals surface area (Å²) >= 11 is 0. The first kappa shape index (κ1) is 78.7. The molecule has 0 fully saturated rings. The third-order valence-electron chi connectivity index (χ3n) is 29.3. The molecule has 0 radical (unpaired) electrons. The number of nitrogens with zero attached hydrogens (tertiary/aromatic N) is 9. The Morgan fingerprint density at radius 2 is 0.493 bits per heavy atom. The number of para-hydroxylation sites is 6. The van der Waals surface area contributed by atoms with Gasteiger partial charge >= 0.3 is 0 Å². The SMILES string of the molecule is CC1(C)c2ccc(-c3ccc4c(c3)c3cc5c(cc3n4-c3ccccc3)oc3ccccc35)cc2-c2cc3c4ccccc4n(-c4ccc(-c5nc(-c6ccccc6)cc(-c6ccccc6)n5)cc4)c3cc21.CC1(C)c2ccc(-c3ccc4c(c3)c3cc5c(cc3n4-c3ccccc3)oc3ccccc35)cc2-c2cc3c4ccccc4n(-c4nc(-c5ccccc5)nc(-c5ccccc5)n4)c3cc21. The van der Waals surface area contributed by atoms with E-state index in [4.69, 9.17) is 33.8 Å². The zero-order valence-electron chi connectivity index (χ0n) is 75.8.